The molecule has 1 heterocycles. The highest BCUT2D eigenvalue weighted by molar-refractivity contribution is 6.04. The molecule has 4 nitrogen and oxygen atoms in total. The molecule has 14 heavy (non-hydrogen) atoms. The number of anilines is 1. The zero-order chi connectivity index (χ0) is 10.7. The molecule has 0 amide bonds. The van der Waals surface area contributed by atoms with Gasteiger partial charge in [0, 0.05) is 6.20 Å². The lowest BCUT2D eigenvalue weighted by Crippen LogP contribution is -2.30. The van der Waals surface area contributed by atoms with Gasteiger partial charge in [-0.2, -0.15) is 0 Å². The Morgan fingerprint density at radius 2 is 2.29 bits per heavy atom. The lowest BCUT2D eigenvalue weighted by molar-refractivity contribution is 0.0959. The standard InChI is InChI=1S/C10H15N3O/c1-3-7(11)9(14)8-6(2)4-5-13-10(8)12/h4-5,7H,3,11H2,1-2H3,(H2,12,13). The van der Waals surface area contributed by atoms with Gasteiger partial charge in [-0.15, -0.1) is 0 Å². The molecule has 0 bridgehead atoms. The topological polar surface area (TPSA) is 82.0 Å². The third-order valence-electron chi connectivity index (χ3n) is 2.21. The van der Waals surface area contributed by atoms with Gasteiger partial charge in [-0.25, -0.2) is 4.98 Å². The molecular weight excluding hydrogens is 178 g/mol. The van der Waals surface area contributed by atoms with E-state index >= 15 is 0 Å². The Kier molecular flexibility index (Phi) is 3.19. The van der Waals surface area contributed by atoms with Crippen molar-refractivity contribution in [3.8, 4) is 0 Å². The molecule has 0 radical (unpaired) electrons. The van der Waals surface area contributed by atoms with Crippen LogP contribution in [0.2, 0.25) is 0 Å². The van der Waals surface area contributed by atoms with Crippen LogP contribution in [0.5, 0.6) is 0 Å². The van der Waals surface area contributed by atoms with E-state index in [4.69, 9.17) is 11.5 Å². The summed E-state index contributed by atoms with van der Waals surface area (Å²) in [7, 11) is 0. The van der Waals surface area contributed by atoms with Gasteiger partial charge >= 0.3 is 0 Å². The van der Waals surface area contributed by atoms with Crippen LogP contribution in [0, 0.1) is 6.92 Å². The molecule has 0 aromatic carbocycles. The zero-order valence-electron chi connectivity index (χ0n) is 8.45. The second-order valence-electron chi connectivity index (χ2n) is 3.27. The maximum absolute atomic E-state index is 11.8. The SMILES string of the molecule is CCC(N)C(=O)c1c(C)ccnc1N. The molecule has 1 aromatic heterocycles. The number of Topliss-reactive ketones (excluding diaryl/α,β-unsaturated/α-hetero) is 1. The molecule has 4 N–H and O–H groups in total. The summed E-state index contributed by atoms with van der Waals surface area (Å²) >= 11 is 0. The predicted octanol–water partition coefficient (Wildman–Crippen LogP) is 0.892. The Labute approximate surface area is 83.3 Å². The molecule has 4 heteroatoms. The van der Waals surface area contributed by atoms with E-state index in [1.807, 2.05) is 13.8 Å². The van der Waals surface area contributed by atoms with Crippen LogP contribution in [0.3, 0.4) is 0 Å². The number of nitrogens with two attached hydrogens (primary N) is 2. The largest absolute Gasteiger partial charge is 0.383 e. The number of aryl methyl sites for hydroxylation is 1. The lowest BCUT2D eigenvalue weighted by Gasteiger charge is -2.11. The molecule has 1 rings (SSSR count). The first-order valence-corrected chi connectivity index (χ1v) is 4.58. The quantitative estimate of drug-likeness (QED) is 0.698. The summed E-state index contributed by atoms with van der Waals surface area (Å²) in [5, 5.41) is 0. The number of nitrogen functional groups attached to an aromatic ring is 1. The van der Waals surface area contributed by atoms with Gasteiger partial charge in [0.25, 0.3) is 0 Å². The average molecular weight is 193 g/mol. The molecule has 0 saturated carbocycles. The first kappa shape index (κ1) is 10.7. The fourth-order valence-electron chi connectivity index (χ4n) is 1.27. The van der Waals surface area contributed by atoms with E-state index in [0.29, 0.717) is 12.0 Å². The van der Waals surface area contributed by atoms with Crippen LogP contribution in [-0.2, 0) is 0 Å². The van der Waals surface area contributed by atoms with Crippen LogP contribution in [0.15, 0.2) is 12.3 Å². The predicted molar refractivity (Wildman–Crippen MR) is 56.0 cm³/mol. The Hall–Kier alpha value is -1.42. The fourth-order valence-corrected chi connectivity index (χ4v) is 1.27. The number of ketones is 1. The minimum Gasteiger partial charge on any atom is -0.383 e. The number of hydrogen-bond acceptors (Lipinski definition) is 4. The number of nitrogens with zero attached hydrogens (tertiary/aromatic N) is 1. The Morgan fingerprint density at radius 1 is 1.64 bits per heavy atom. The average Bonchev–Trinajstić information content (AvgIpc) is 2.16. The minimum absolute atomic E-state index is 0.129. The van der Waals surface area contributed by atoms with Crippen LogP contribution in [0.4, 0.5) is 5.82 Å². The van der Waals surface area contributed by atoms with Crippen LogP contribution in [0.25, 0.3) is 0 Å². The molecule has 0 aliphatic carbocycles. The van der Waals surface area contributed by atoms with Crippen LogP contribution < -0.4 is 11.5 Å². The van der Waals surface area contributed by atoms with Crippen molar-refractivity contribution in [2.75, 3.05) is 5.73 Å². The Morgan fingerprint density at radius 3 is 2.79 bits per heavy atom. The number of carbonyl (C=O) groups is 1. The molecule has 1 aromatic rings. The van der Waals surface area contributed by atoms with Crippen molar-refractivity contribution in [1.29, 1.82) is 0 Å². The highest BCUT2D eigenvalue weighted by atomic mass is 16.1. The van der Waals surface area contributed by atoms with E-state index in [0.717, 1.165) is 5.56 Å². The number of hydrogen-bond donors (Lipinski definition) is 2. The number of rotatable bonds is 3. The number of pyridine rings is 1. The highest BCUT2D eigenvalue weighted by Crippen LogP contribution is 2.15. The summed E-state index contributed by atoms with van der Waals surface area (Å²) in [6.45, 7) is 3.69. The maximum Gasteiger partial charge on any atom is 0.183 e. The van der Waals surface area contributed by atoms with Gasteiger partial charge in [-0.1, -0.05) is 6.92 Å². The minimum atomic E-state index is -0.486. The van der Waals surface area contributed by atoms with Gasteiger partial charge in [-0.05, 0) is 25.0 Å². The van der Waals surface area contributed by atoms with Gasteiger partial charge < -0.3 is 11.5 Å². The second-order valence-corrected chi connectivity index (χ2v) is 3.27. The van der Waals surface area contributed by atoms with Crippen molar-refractivity contribution >= 4 is 11.6 Å². The molecule has 0 aliphatic rings. The van der Waals surface area contributed by atoms with Gasteiger partial charge in [0.15, 0.2) is 5.78 Å². The van der Waals surface area contributed by atoms with Crippen molar-refractivity contribution in [3.05, 3.63) is 23.4 Å². The van der Waals surface area contributed by atoms with Crippen molar-refractivity contribution in [2.45, 2.75) is 26.3 Å². The van der Waals surface area contributed by atoms with E-state index in [1.165, 1.54) is 0 Å². The van der Waals surface area contributed by atoms with Gasteiger partial charge in [0.1, 0.15) is 5.82 Å². The monoisotopic (exact) mass is 193 g/mol. The third kappa shape index (κ3) is 1.90. The van der Waals surface area contributed by atoms with E-state index in [2.05, 4.69) is 4.98 Å². The summed E-state index contributed by atoms with van der Waals surface area (Å²) in [4.78, 5) is 15.7. The van der Waals surface area contributed by atoms with Gasteiger partial charge in [0.2, 0.25) is 0 Å². The molecule has 0 spiro atoms. The van der Waals surface area contributed by atoms with E-state index in [9.17, 15) is 4.79 Å². The first-order valence-electron chi connectivity index (χ1n) is 4.58. The van der Waals surface area contributed by atoms with E-state index < -0.39 is 6.04 Å². The number of carbonyl (C=O) groups excluding carboxylic acids is 1. The fraction of sp³-hybridized carbons (Fsp3) is 0.400. The third-order valence-corrected chi connectivity index (χ3v) is 2.21. The van der Waals surface area contributed by atoms with Crippen molar-refractivity contribution in [2.24, 2.45) is 5.73 Å². The summed E-state index contributed by atoms with van der Waals surface area (Å²) in [6.07, 6.45) is 2.19. The molecule has 0 aliphatic heterocycles. The normalized spacial score (nSPS) is 12.5. The first-order chi connectivity index (χ1) is 6.57. The van der Waals surface area contributed by atoms with Crippen LogP contribution in [0.1, 0.15) is 29.3 Å². The molecule has 1 unspecified atom stereocenters. The summed E-state index contributed by atoms with van der Waals surface area (Å²) in [6, 6.07) is 1.27. The summed E-state index contributed by atoms with van der Waals surface area (Å²) in [5.74, 6) is 0.134. The lowest BCUT2D eigenvalue weighted by atomic mass is 10.00. The molecular formula is C10H15N3O. The molecule has 0 saturated heterocycles. The molecule has 1 atom stereocenters. The highest BCUT2D eigenvalue weighted by Gasteiger charge is 2.18. The van der Waals surface area contributed by atoms with Crippen molar-refractivity contribution < 1.29 is 4.79 Å². The molecule has 0 fully saturated rings. The summed E-state index contributed by atoms with van der Waals surface area (Å²) in [5.41, 5.74) is 12.6. The number of aromatic nitrogens is 1. The van der Waals surface area contributed by atoms with Gasteiger partial charge in [0.05, 0.1) is 11.6 Å². The molecule has 76 valence electrons. The van der Waals surface area contributed by atoms with Crippen LogP contribution >= 0.6 is 0 Å². The van der Waals surface area contributed by atoms with Crippen LogP contribution in [-0.4, -0.2) is 16.8 Å². The van der Waals surface area contributed by atoms with E-state index in [1.54, 1.807) is 12.3 Å². The maximum atomic E-state index is 11.8. The Bertz CT molecular complexity index is 329. The Balaban J connectivity index is 3.12. The van der Waals surface area contributed by atoms with E-state index in [-0.39, 0.29) is 11.6 Å². The smallest absolute Gasteiger partial charge is 0.183 e. The zero-order valence-corrected chi connectivity index (χ0v) is 8.45. The second kappa shape index (κ2) is 4.19. The van der Waals surface area contributed by atoms with Crippen molar-refractivity contribution in [1.82, 2.24) is 4.98 Å². The van der Waals surface area contributed by atoms with Gasteiger partial charge in [-0.3, -0.25) is 4.79 Å². The van der Waals surface area contributed by atoms with Crippen molar-refractivity contribution in [3.63, 3.8) is 0 Å². The summed E-state index contributed by atoms with van der Waals surface area (Å²) < 4.78 is 0.